The number of hydrogen-bond donors (Lipinski definition) is 4. The van der Waals surface area contributed by atoms with E-state index in [9.17, 15) is 0 Å². The topological polar surface area (TPSA) is 100 Å². The van der Waals surface area contributed by atoms with Crippen LogP contribution in [-0.4, -0.2) is 18.0 Å². The van der Waals surface area contributed by atoms with Crippen molar-refractivity contribution in [3.8, 4) is 0 Å². The summed E-state index contributed by atoms with van der Waals surface area (Å²) in [7, 11) is 0. The van der Waals surface area contributed by atoms with Crippen LogP contribution in [0.3, 0.4) is 0 Å². The van der Waals surface area contributed by atoms with E-state index in [-0.39, 0.29) is 18.0 Å². The van der Waals surface area contributed by atoms with Crippen molar-refractivity contribution in [1.82, 2.24) is 5.32 Å². The molecule has 0 aromatic carbocycles. The molecule has 0 radical (unpaired) electrons. The van der Waals surface area contributed by atoms with Gasteiger partial charge in [-0.3, -0.25) is 15.7 Å². The number of guanidine groups is 2. The summed E-state index contributed by atoms with van der Waals surface area (Å²) < 4.78 is 0. The summed E-state index contributed by atoms with van der Waals surface area (Å²) in [5.74, 6) is 0.714. The Morgan fingerprint density at radius 1 is 1.29 bits per heavy atom. The fraction of sp³-hybridized carbons (Fsp3) is 0.778. The van der Waals surface area contributed by atoms with Crippen LogP contribution in [0.4, 0.5) is 0 Å². The smallest absolute Gasteiger partial charge is 0.195 e. The molecule has 5 nitrogen and oxygen atoms in total. The molecule has 0 aromatic rings. The maximum absolute atomic E-state index is 6.95. The molecule has 0 saturated carbocycles. The van der Waals surface area contributed by atoms with Crippen LogP contribution in [0, 0.1) is 11.3 Å². The Morgan fingerprint density at radius 3 is 2.29 bits per heavy atom. The summed E-state index contributed by atoms with van der Waals surface area (Å²) in [5.41, 5.74) is 10.6. The average molecular weight is 199 g/mol. The summed E-state index contributed by atoms with van der Waals surface area (Å²) in [4.78, 5) is 4.15. The molecule has 0 fully saturated rings. The second-order valence-corrected chi connectivity index (χ2v) is 3.87. The molecule has 14 heavy (non-hydrogen) atoms. The molecule has 0 heterocycles. The highest BCUT2D eigenvalue weighted by Gasteiger charge is 2.02. The predicted octanol–water partition coefficient (Wildman–Crippen LogP) is 0.609. The van der Waals surface area contributed by atoms with Crippen molar-refractivity contribution in [3.05, 3.63) is 0 Å². The normalized spacial score (nSPS) is 14.1. The van der Waals surface area contributed by atoms with Gasteiger partial charge in [0.05, 0.1) is 6.04 Å². The first-order chi connectivity index (χ1) is 6.41. The lowest BCUT2D eigenvalue weighted by Crippen LogP contribution is -2.41. The first-order valence-corrected chi connectivity index (χ1v) is 4.86. The van der Waals surface area contributed by atoms with E-state index < -0.39 is 0 Å². The number of nitrogens with zero attached hydrogens (tertiary/aromatic N) is 1. The van der Waals surface area contributed by atoms with Gasteiger partial charge in [-0.25, -0.2) is 0 Å². The molecule has 0 bridgehead atoms. The van der Waals surface area contributed by atoms with Gasteiger partial charge in [0.1, 0.15) is 0 Å². The Labute approximate surface area is 85.5 Å². The molecule has 0 saturated heterocycles. The van der Waals surface area contributed by atoms with Crippen LogP contribution < -0.4 is 16.8 Å². The molecular formula is C9H21N5. The van der Waals surface area contributed by atoms with Gasteiger partial charge in [0, 0.05) is 0 Å². The summed E-state index contributed by atoms with van der Waals surface area (Å²) in [6.45, 7) is 6.35. The van der Waals surface area contributed by atoms with Gasteiger partial charge in [0.15, 0.2) is 11.9 Å². The molecule has 82 valence electrons. The molecule has 0 rings (SSSR count). The molecule has 0 spiro atoms. The third kappa shape index (κ3) is 7.39. The highest BCUT2D eigenvalue weighted by atomic mass is 15.2. The van der Waals surface area contributed by atoms with Gasteiger partial charge in [-0.2, -0.15) is 0 Å². The number of rotatable bonds is 4. The number of hydrogen-bond acceptors (Lipinski definition) is 2. The van der Waals surface area contributed by atoms with Gasteiger partial charge in [-0.15, -0.1) is 0 Å². The lowest BCUT2D eigenvalue weighted by Gasteiger charge is -2.10. The first kappa shape index (κ1) is 12.7. The van der Waals surface area contributed by atoms with Gasteiger partial charge < -0.3 is 11.5 Å². The Morgan fingerprint density at radius 2 is 1.86 bits per heavy atom. The molecule has 5 heteroatoms. The Kier molecular flexibility index (Phi) is 5.67. The van der Waals surface area contributed by atoms with Gasteiger partial charge in [0.2, 0.25) is 0 Å². The largest absolute Gasteiger partial charge is 0.370 e. The Balaban J connectivity index is 3.89. The van der Waals surface area contributed by atoms with Crippen LogP contribution in [0.25, 0.3) is 0 Å². The highest BCUT2D eigenvalue weighted by Crippen LogP contribution is 2.08. The SMILES string of the molecule is CC(C)CCC(C)N=C(N)NC(=N)N. The van der Waals surface area contributed by atoms with E-state index in [0.29, 0.717) is 5.92 Å². The zero-order valence-electron chi connectivity index (χ0n) is 9.17. The van der Waals surface area contributed by atoms with Crippen LogP contribution in [0.2, 0.25) is 0 Å². The fourth-order valence-electron chi connectivity index (χ4n) is 1.05. The maximum atomic E-state index is 6.95. The molecule has 1 unspecified atom stereocenters. The van der Waals surface area contributed by atoms with E-state index in [2.05, 4.69) is 24.2 Å². The monoisotopic (exact) mass is 199 g/mol. The Hall–Kier alpha value is -1.26. The van der Waals surface area contributed by atoms with Crippen molar-refractivity contribution in [2.24, 2.45) is 22.4 Å². The van der Waals surface area contributed by atoms with Crippen molar-refractivity contribution in [1.29, 1.82) is 5.41 Å². The van der Waals surface area contributed by atoms with E-state index in [1.165, 1.54) is 0 Å². The molecule has 0 aliphatic heterocycles. The van der Waals surface area contributed by atoms with E-state index in [1.54, 1.807) is 0 Å². The quantitative estimate of drug-likeness (QED) is 0.394. The minimum Gasteiger partial charge on any atom is -0.370 e. The lowest BCUT2D eigenvalue weighted by atomic mass is 10.1. The zero-order chi connectivity index (χ0) is 11.1. The van der Waals surface area contributed by atoms with Crippen LogP contribution in [-0.2, 0) is 0 Å². The van der Waals surface area contributed by atoms with Crippen LogP contribution in [0.15, 0.2) is 4.99 Å². The molecule has 1 atom stereocenters. The lowest BCUT2D eigenvalue weighted by molar-refractivity contribution is 0.515. The first-order valence-electron chi connectivity index (χ1n) is 4.86. The fourth-order valence-corrected chi connectivity index (χ4v) is 1.05. The van der Waals surface area contributed by atoms with Crippen molar-refractivity contribution in [2.45, 2.75) is 39.7 Å². The number of nitrogens with two attached hydrogens (primary N) is 2. The third-order valence-corrected chi connectivity index (χ3v) is 1.78. The van der Waals surface area contributed by atoms with Crippen LogP contribution in [0.1, 0.15) is 33.6 Å². The molecule has 0 aliphatic rings. The number of aliphatic imine (C=N–C) groups is 1. The van der Waals surface area contributed by atoms with Crippen molar-refractivity contribution >= 4 is 11.9 Å². The van der Waals surface area contributed by atoms with Gasteiger partial charge in [-0.1, -0.05) is 13.8 Å². The minimum absolute atomic E-state index is 0.171. The van der Waals surface area contributed by atoms with E-state index in [1.807, 2.05) is 6.92 Å². The maximum Gasteiger partial charge on any atom is 0.195 e. The Bertz CT molecular complexity index is 209. The van der Waals surface area contributed by atoms with E-state index >= 15 is 0 Å². The molecule has 0 aliphatic carbocycles. The molecule has 0 amide bonds. The van der Waals surface area contributed by atoms with Gasteiger partial charge >= 0.3 is 0 Å². The van der Waals surface area contributed by atoms with Crippen LogP contribution in [0.5, 0.6) is 0 Å². The summed E-state index contributed by atoms with van der Waals surface area (Å²) in [5, 5.41) is 9.40. The molecule has 6 N–H and O–H groups in total. The average Bonchev–Trinajstić information content (AvgIpc) is 1.98. The summed E-state index contributed by atoms with van der Waals surface area (Å²) in [6, 6.07) is 0.171. The summed E-state index contributed by atoms with van der Waals surface area (Å²) in [6.07, 6.45) is 2.12. The third-order valence-electron chi connectivity index (χ3n) is 1.78. The second kappa shape index (κ2) is 6.23. The predicted molar refractivity (Wildman–Crippen MR) is 60.2 cm³/mol. The standard InChI is InChI=1S/C9H21N5/c1-6(2)4-5-7(3)13-9(12)14-8(10)11/h6-7H,4-5H2,1-3H3,(H6,10,11,12,13,14). The van der Waals surface area contributed by atoms with Crippen LogP contribution >= 0.6 is 0 Å². The molecular weight excluding hydrogens is 178 g/mol. The summed E-state index contributed by atoms with van der Waals surface area (Å²) >= 11 is 0. The zero-order valence-corrected chi connectivity index (χ0v) is 9.17. The molecule has 0 aromatic heterocycles. The minimum atomic E-state index is -0.178. The van der Waals surface area contributed by atoms with Crippen molar-refractivity contribution < 1.29 is 0 Å². The van der Waals surface area contributed by atoms with E-state index in [4.69, 9.17) is 16.9 Å². The highest BCUT2D eigenvalue weighted by molar-refractivity contribution is 5.95. The van der Waals surface area contributed by atoms with Gasteiger partial charge in [0.25, 0.3) is 0 Å². The number of nitrogens with one attached hydrogen (secondary N) is 2. The van der Waals surface area contributed by atoms with Crippen molar-refractivity contribution in [3.63, 3.8) is 0 Å². The second-order valence-electron chi connectivity index (χ2n) is 3.87. The van der Waals surface area contributed by atoms with E-state index in [0.717, 1.165) is 12.8 Å². The van der Waals surface area contributed by atoms with Crippen molar-refractivity contribution in [2.75, 3.05) is 0 Å². The van der Waals surface area contributed by atoms with Gasteiger partial charge in [-0.05, 0) is 25.7 Å².